The molecule has 1 aliphatic heterocycles. The van der Waals surface area contributed by atoms with Crippen LogP contribution in [0.15, 0.2) is 22.8 Å². The molecular formula is C12H16BrN3O. The van der Waals surface area contributed by atoms with E-state index in [1.165, 1.54) is 0 Å². The fraction of sp³-hybridized carbons (Fsp3) is 0.500. The number of halogens is 1. The molecule has 0 aliphatic carbocycles. The number of hydrogen-bond donors (Lipinski definition) is 0. The SMILES string of the molecule is CC(=O)N1CCN(Cc2ccc(Br)cn2)CC1. The van der Waals surface area contributed by atoms with Crippen LogP contribution in [-0.4, -0.2) is 46.9 Å². The van der Waals surface area contributed by atoms with Gasteiger partial charge in [0.15, 0.2) is 0 Å². The Hall–Kier alpha value is -0.940. The Balaban J connectivity index is 1.85. The number of carbonyl (C=O) groups excluding carboxylic acids is 1. The van der Waals surface area contributed by atoms with Gasteiger partial charge in [-0.25, -0.2) is 0 Å². The monoisotopic (exact) mass is 297 g/mol. The predicted molar refractivity (Wildman–Crippen MR) is 69.5 cm³/mol. The van der Waals surface area contributed by atoms with Crippen LogP contribution in [0.2, 0.25) is 0 Å². The Morgan fingerprint density at radius 1 is 1.35 bits per heavy atom. The Labute approximate surface area is 110 Å². The van der Waals surface area contributed by atoms with Crippen molar-refractivity contribution in [3.63, 3.8) is 0 Å². The van der Waals surface area contributed by atoms with Crippen molar-refractivity contribution in [3.05, 3.63) is 28.5 Å². The highest BCUT2D eigenvalue weighted by molar-refractivity contribution is 9.10. The molecule has 0 unspecified atom stereocenters. The minimum absolute atomic E-state index is 0.173. The molecule has 0 radical (unpaired) electrons. The zero-order valence-electron chi connectivity index (χ0n) is 9.90. The first-order chi connectivity index (χ1) is 8.15. The van der Waals surface area contributed by atoms with E-state index in [0.717, 1.165) is 42.9 Å². The third-order valence-electron chi connectivity index (χ3n) is 2.99. The second-order valence-electron chi connectivity index (χ2n) is 4.25. The van der Waals surface area contributed by atoms with E-state index in [1.807, 2.05) is 23.2 Å². The lowest BCUT2D eigenvalue weighted by atomic mass is 10.2. The highest BCUT2D eigenvalue weighted by Gasteiger charge is 2.18. The Morgan fingerprint density at radius 3 is 2.59 bits per heavy atom. The van der Waals surface area contributed by atoms with Gasteiger partial charge in [0.1, 0.15) is 0 Å². The predicted octanol–water partition coefficient (Wildman–Crippen LogP) is 1.51. The molecular weight excluding hydrogens is 282 g/mol. The molecule has 1 amide bonds. The normalized spacial score (nSPS) is 17.2. The summed E-state index contributed by atoms with van der Waals surface area (Å²) in [5.74, 6) is 0.173. The fourth-order valence-electron chi connectivity index (χ4n) is 1.95. The number of amides is 1. The molecule has 1 fully saturated rings. The topological polar surface area (TPSA) is 36.4 Å². The van der Waals surface area contributed by atoms with Gasteiger partial charge in [0.2, 0.25) is 5.91 Å². The van der Waals surface area contributed by atoms with Crippen LogP contribution < -0.4 is 0 Å². The number of pyridine rings is 1. The molecule has 0 aromatic carbocycles. The molecule has 0 N–H and O–H groups in total. The van der Waals surface area contributed by atoms with Crippen molar-refractivity contribution in [2.45, 2.75) is 13.5 Å². The maximum atomic E-state index is 11.2. The van der Waals surface area contributed by atoms with Crippen molar-refractivity contribution in [1.82, 2.24) is 14.8 Å². The van der Waals surface area contributed by atoms with Crippen LogP contribution in [-0.2, 0) is 11.3 Å². The van der Waals surface area contributed by atoms with Crippen LogP contribution in [0, 0.1) is 0 Å². The zero-order chi connectivity index (χ0) is 12.3. The van der Waals surface area contributed by atoms with Crippen molar-refractivity contribution in [2.24, 2.45) is 0 Å². The summed E-state index contributed by atoms with van der Waals surface area (Å²) in [6, 6.07) is 4.04. The van der Waals surface area contributed by atoms with E-state index in [4.69, 9.17) is 0 Å². The molecule has 1 aliphatic rings. The maximum Gasteiger partial charge on any atom is 0.219 e. The molecule has 0 atom stereocenters. The van der Waals surface area contributed by atoms with E-state index in [1.54, 1.807) is 6.92 Å². The number of aromatic nitrogens is 1. The highest BCUT2D eigenvalue weighted by atomic mass is 79.9. The van der Waals surface area contributed by atoms with Gasteiger partial charge in [-0.05, 0) is 28.1 Å². The first-order valence-corrected chi connectivity index (χ1v) is 6.53. The van der Waals surface area contributed by atoms with Gasteiger partial charge in [-0.3, -0.25) is 14.7 Å². The molecule has 4 nitrogen and oxygen atoms in total. The Bertz CT molecular complexity index is 385. The largest absolute Gasteiger partial charge is 0.340 e. The quantitative estimate of drug-likeness (QED) is 0.830. The van der Waals surface area contributed by atoms with Gasteiger partial charge in [0.25, 0.3) is 0 Å². The van der Waals surface area contributed by atoms with Crippen LogP contribution in [0.4, 0.5) is 0 Å². The zero-order valence-corrected chi connectivity index (χ0v) is 11.5. The Kier molecular flexibility index (Phi) is 4.12. The molecule has 17 heavy (non-hydrogen) atoms. The van der Waals surface area contributed by atoms with Crippen molar-refractivity contribution >= 4 is 21.8 Å². The molecule has 0 spiro atoms. The van der Waals surface area contributed by atoms with Crippen molar-refractivity contribution in [3.8, 4) is 0 Å². The number of rotatable bonds is 2. The van der Waals surface area contributed by atoms with Gasteiger partial charge in [-0.15, -0.1) is 0 Å². The number of piperazine rings is 1. The van der Waals surface area contributed by atoms with Crippen molar-refractivity contribution in [2.75, 3.05) is 26.2 Å². The summed E-state index contributed by atoms with van der Waals surface area (Å²) in [6.07, 6.45) is 1.82. The maximum absolute atomic E-state index is 11.2. The third-order valence-corrected chi connectivity index (χ3v) is 3.46. The van der Waals surface area contributed by atoms with E-state index < -0.39 is 0 Å². The average molecular weight is 298 g/mol. The summed E-state index contributed by atoms with van der Waals surface area (Å²) in [5.41, 5.74) is 1.07. The van der Waals surface area contributed by atoms with Gasteiger partial charge >= 0.3 is 0 Å². The molecule has 92 valence electrons. The molecule has 2 heterocycles. The summed E-state index contributed by atoms with van der Waals surface area (Å²) in [6.45, 7) is 6.00. The lowest BCUT2D eigenvalue weighted by Gasteiger charge is -2.33. The summed E-state index contributed by atoms with van der Waals surface area (Å²) >= 11 is 3.37. The second kappa shape index (κ2) is 5.60. The summed E-state index contributed by atoms with van der Waals surface area (Å²) in [7, 11) is 0. The van der Waals surface area contributed by atoms with Gasteiger partial charge in [0, 0.05) is 50.3 Å². The number of hydrogen-bond acceptors (Lipinski definition) is 3. The molecule has 0 bridgehead atoms. The van der Waals surface area contributed by atoms with Crippen LogP contribution >= 0.6 is 15.9 Å². The number of carbonyl (C=O) groups is 1. The van der Waals surface area contributed by atoms with Gasteiger partial charge in [0.05, 0.1) is 5.69 Å². The molecule has 2 rings (SSSR count). The van der Waals surface area contributed by atoms with Gasteiger partial charge in [-0.2, -0.15) is 0 Å². The third kappa shape index (κ3) is 3.51. The summed E-state index contributed by atoms with van der Waals surface area (Å²) < 4.78 is 1.00. The molecule has 0 saturated carbocycles. The van der Waals surface area contributed by atoms with E-state index in [9.17, 15) is 4.79 Å². The van der Waals surface area contributed by atoms with E-state index in [-0.39, 0.29) is 5.91 Å². The van der Waals surface area contributed by atoms with E-state index in [0.29, 0.717) is 0 Å². The molecule has 1 aromatic rings. The lowest BCUT2D eigenvalue weighted by Crippen LogP contribution is -2.47. The van der Waals surface area contributed by atoms with Gasteiger partial charge < -0.3 is 4.90 Å². The number of nitrogens with zero attached hydrogens (tertiary/aromatic N) is 3. The van der Waals surface area contributed by atoms with Crippen LogP contribution in [0.1, 0.15) is 12.6 Å². The summed E-state index contributed by atoms with van der Waals surface area (Å²) in [5, 5.41) is 0. The first kappa shape index (κ1) is 12.5. The van der Waals surface area contributed by atoms with Gasteiger partial charge in [-0.1, -0.05) is 0 Å². The minimum Gasteiger partial charge on any atom is -0.340 e. The van der Waals surface area contributed by atoms with E-state index in [2.05, 4.69) is 25.8 Å². The summed E-state index contributed by atoms with van der Waals surface area (Å²) in [4.78, 5) is 19.8. The molecule has 5 heteroatoms. The smallest absolute Gasteiger partial charge is 0.219 e. The van der Waals surface area contributed by atoms with Crippen LogP contribution in [0.5, 0.6) is 0 Å². The highest BCUT2D eigenvalue weighted by Crippen LogP contribution is 2.10. The fourth-order valence-corrected chi connectivity index (χ4v) is 2.18. The van der Waals surface area contributed by atoms with Crippen LogP contribution in [0.3, 0.4) is 0 Å². The minimum atomic E-state index is 0.173. The molecule has 1 saturated heterocycles. The van der Waals surface area contributed by atoms with Crippen LogP contribution in [0.25, 0.3) is 0 Å². The lowest BCUT2D eigenvalue weighted by molar-refractivity contribution is -0.130. The van der Waals surface area contributed by atoms with Crippen molar-refractivity contribution < 1.29 is 4.79 Å². The van der Waals surface area contributed by atoms with Crippen molar-refractivity contribution in [1.29, 1.82) is 0 Å². The van der Waals surface area contributed by atoms with E-state index >= 15 is 0 Å². The second-order valence-corrected chi connectivity index (χ2v) is 5.17. The average Bonchev–Trinajstić information content (AvgIpc) is 2.33. The molecule has 1 aromatic heterocycles. The standard InChI is InChI=1S/C12H16BrN3O/c1-10(17)16-6-4-15(5-7-16)9-12-3-2-11(13)8-14-12/h2-3,8H,4-7,9H2,1H3. The Morgan fingerprint density at radius 2 is 2.06 bits per heavy atom. The first-order valence-electron chi connectivity index (χ1n) is 5.73.